The summed E-state index contributed by atoms with van der Waals surface area (Å²) in [5, 5.41) is 8.25. The van der Waals surface area contributed by atoms with Gasteiger partial charge in [0.1, 0.15) is 5.82 Å². The van der Waals surface area contributed by atoms with Crippen molar-refractivity contribution in [2.24, 2.45) is 7.05 Å². The predicted octanol–water partition coefficient (Wildman–Crippen LogP) is 1.95. The first kappa shape index (κ1) is 14.0. The van der Waals surface area contributed by atoms with Crippen molar-refractivity contribution in [2.75, 3.05) is 19.8 Å². The van der Waals surface area contributed by atoms with E-state index in [-0.39, 0.29) is 0 Å². The third kappa shape index (κ3) is 2.74. The topological polar surface area (TPSA) is 52.0 Å². The van der Waals surface area contributed by atoms with Crippen LogP contribution in [-0.2, 0) is 11.8 Å². The van der Waals surface area contributed by atoms with Gasteiger partial charge in [0.25, 0.3) is 0 Å². The lowest BCUT2D eigenvalue weighted by Gasteiger charge is -2.17. The van der Waals surface area contributed by atoms with Crippen LogP contribution < -0.4 is 5.32 Å². The third-order valence-electron chi connectivity index (χ3n) is 4.60. The van der Waals surface area contributed by atoms with Gasteiger partial charge in [-0.3, -0.25) is 4.68 Å². The number of hydrogen-bond acceptors (Lipinski definition) is 4. The lowest BCUT2D eigenvalue weighted by molar-refractivity contribution is 0.187. The van der Waals surface area contributed by atoms with E-state index in [0.29, 0.717) is 17.9 Å². The molecule has 1 saturated carbocycles. The fourth-order valence-corrected chi connectivity index (χ4v) is 3.44. The van der Waals surface area contributed by atoms with Crippen molar-refractivity contribution in [2.45, 2.75) is 56.9 Å². The van der Waals surface area contributed by atoms with Gasteiger partial charge in [-0.05, 0) is 25.8 Å². The molecule has 2 atom stereocenters. The molecule has 1 aliphatic carbocycles. The number of nitrogens with zero attached hydrogens (tertiary/aromatic N) is 3. The molecule has 20 heavy (non-hydrogen) atoms. The van der Waals surface area contributed by atoms with Gasteiger partial charge in [0, 0.05) is 19.0 Å². The number of aryl methyl sites for hydroxylation is 1. The second-order valence-electron chi connectivity index (χ2n) is 6.14. The molecule has 1 aromatic rings. The molecule has 0 bridgehead atoms. The number of nitrogens with one attached hydrogen (secondary N) is 1. The molecular formula is C15H26N4O. The molecule has 2 heterocycles. The van der Waals surface area contributed by atoms with Crippen molar-refractivity contribution < 1.29 is 4.74 Å². The molecule has 2 unspecified atom stereocenters. The number of aromatic nitrogens is 3. The van der Waals surface area contributed by atoms with E-state index in [1.807, 2.05) is 11.7 Å². The fourth-order valence-electron chi connectivity index (χ4n) is 3.44. The minimum absolute atomic E-state index is 0.342. The Labute approximate surface area is 121 Å². The summed E-state index contributed by atoms with van der Waals surface area (Å²) >= 11 is 0. The highest BCUT2D eigenvalue weighted by atomic mass is 16.5. The van der Waals surface area contributed by atoms with Crippen LogP contribution in [0.25, 0.3) is 0 Å². The summed E-state index contributed by atoms with van der Waals surface area (Å²) < 4.78 is 7.65. The maximum absolute atomic E-state index is 5.67. The van der Waals surface area contributed by atoms with Crippen molar-refractivity contribution in [1.82, 2.24) is 20.1 Å². The van der Waals surface area contributed by atoms with E-state index in [1.54, 1.807) is 0 Å². The van der Waals surface area contributed by atoms with Gasteiger partial charge in [0.2, 0.25) is 0 Å². The molecule has 0 radical (unpaired) electrons. The van der Waals surface area contributed by atoms with Crippen molar-refractivity contribution >= 4 is 0 Å². The minimum Gasteiger partial charge on any atom is -0.379 e. The van der Waals surface area contributed by atoms with Crippen LogP contribution in [0, 0.1) is 0 Å². The number of ether oxygens (including phenoxy) is 1. The Balaban J connectivity index is 1.75. The van der Waals surface area contributed by atoms with Crippen LogP contribution in [0.3, 0.4) is 0 Å². The Hall–Kier alpha value is -0.940. The molecule has 3 rings (SSSR count). The molecule has 1 N–H and O–H groups in total. The molecule has 0 amide bonds. The zero-order valence-corrected chi connectivity index (χ0v) is 12.6. The van der Waals surface area contributed by atoms with Gasteiger partial charge < -0.3 is 10.1 Å². The molecule has 2 fully saturated rings. The van der Waals surface area contributed by atoms with E-state index in [4.69, 9.17) is 9.72 Å². The molecular weight excluding hydrogens is 252 g/mol. The largest absolute Gasteiger partial charge is 0.379 e. The summed E-state index contributed by atoms with van der Waals surface area (Å²) in [6.45, 7) is 4.78. The van der Waals surface area contributed by atoms with Crippen molar-refractivity contribution in [3.8, 4) is 0 Å². The van der Waals surface area contributed by atoms with Crippen LogP contribution in [0.1, 0.15) is 62.5 Å². The zero-order valence-electron chi connectivity index (χ0n) is 12.6. The van der Waals surface area contributed by atoms with E-state index in [0.717, 1.165) is 37.8 Å². The number of hydrogen-bond donors (Lipinski definition) is 1. The molecule has 112 valence electrons. The quantitative estimate of drug-likeness (QED) is 0.894. The summed E-state index contributed by atoms with van der Waals surface area (Å²) in [6.07, 6.45) is 6.30. The summed E-state index contributed by atoms with van der Waals surface area (Å²) in [6, 6.07) is 0.384. The average Bonchev–Trinajstić information content (AvgIpc) is 3.16. The molecule has 5 heteroatoms. The smallest absolute Gasteiger partial charge is 0.154 e. The molecule has 1 saturated heterocycles. The maximum atomic E-state index is 5.67. The molecule has 2 aliphatic rings. The van der Waals surface area contributed by atoms with Gasteiger partial charge in [0.05, 0.1) is 19.1 Å². The number of rotatable bonds is 5. The lowest BCUT2D eigenvalue weighted by atomic mass is 10.0. The summed E-state index contributed by atoms with van der Waals surface area (Å²) in [5.74, 6) is 3.08. The van der Waals surface area contributed by atoms with Crippen molar-refractivity contribution in [1.29, 1.82) is 0 Å². The van der Waals surface area contributed by atoms with Gasteiger partial charge in [-0.2, -0.15) is 5.10 Å². The Morgan fingerprint density at radius 1 is 1.30 bits per heavy atom. The van der Waals surface area contributed by atoms with E-state index in [1.165, 1.54) is 25.7 Å². The van der Waals surface area contributed by atoms with Crippen molar-refractivity contribution in [3.05, 3.63) is 11.6 Å². The van der Waals surface area contributed by atoms with Gasteiger partial charge >= 0.3 is 0 Å². The maximum Gasteiger partial charge on any atom is 0.154 e. The van der Waals surface area contributed by atoms with Gasteiger partial charge in [0.15, 0.2) is 5.82 Å². The normalized spacial score (nSPS) is 27.5. The van der Waals surface area contributed by atoms with Crippen LogP contribution in [0.4, 0.5) is 0 Å². The first-order valence-corrected chi connectivity index (χ1v) is 8.01. The Kier molecular flexibility index (Phi) is 4.36. The van der Waals surface area contributed by atoms with Crippen LogP contribution in [0.15, 0.2) is 0 Å². The highest BCUT2D eigenvalue weighted by Gasteiger charge is 2.33. The van der Waals surface area contributed by atoms with Gasteiger partial charge in [-0.1, -0.05) is 19.8 Å². The second kappa shape index (κ2) is 6.22. The molecule has 0 spiro atoms. The van der Waals surface area contributed by atoms with E-state index < -0.39 is 0 Å². The summed E-state index contributed by atoms with van der Waals surface area (Å²) in [7, 11) is 2.02. The molecule has 0 aromatic carbocycles. The predicted molar refractivity (Wildman–Crippen MR) is 77.9 cm³/mol. The van der Waals surface area contributed by atoms with E-state index >= 15 is 0 Å². The van der Waals surface area contributed by atoms with Crippen molar-refractivity contribution in [3.63, 3.8) is 0 Å². The lowest BCUT2D eigenvalue weighted by Crippen LogP contribution is -2.35. The fraction of sp³-hybridized carbons (Fsp3) is 0.867. The zero-order chi connectivity index (χ0) is 13.9. The van der Waals surface area contributed by atoms with Crippen LogP contribution in [0.2, 0.25) is 0 Å². The third-order valence-corrected chi connectivity index (χ3v) is 4.60. The average molecular weight is 278 g/mol. The Morgan fingerprint density at radius 2 is 2.10 bits per heavy atom. The standard InChI is InChI=1S/C15H26N4O/c1-3-8-16-13-10-20-9-12(13)15-17-14(18-19(15)2)11-6-4-5-7-11/h11-13,16H,3-10H2,1-2H3. The second-order valence-corrected chi connectivity index (χ2v) is 6.14. The summed E-state index contributed by atoms with van der Waals surface area (Å²) in [4.78, 5) is 4.86. The van der Waals surface area contributed by atoms with Crippen LogP contribution >= 0.6 is 0 Å². The Morgan fingerprint density at radius 3 is 2.85 bits per heavy atom. The minimum atomic E-state index is 0.342. The van der Waals surface area contributed by atoms with Gasteiger partial charge in [-0.25, -0.2) is 4.98 Å². The first-order valence-electron chi connectivity index (χ1n) is 8.01. The molecule has 5 nitrogen and oxygen atoms in total. The SMILES string of the molecule is CCCNC1COCC1c1nc(C2CCCC2)nn1C. The van der Waals surface area contributed by atoms with E-state index in [2.05, 4.69) is 17.3 Å². The van der Waals surface area contributed by atoms with E-state index in [9.17, 15) is 0 Å². The Bertz CT molecular complexity index is 439. The van der Waals surface area contributed by atoms with Crippen LogP contribution in [0.5, 0.6) is 0 Å². The summed E-state index contributed by atoms with van der Waals surface area (Å²) in [5.41, 5.74) is 0. The van der Waals surface area contributed by atoms with Gasteiger partial charge in [-0.15, -0.1) is 0 Å². The van der Waals surface area contributed by atoms with Crippen LogP contribution in [-0.4, -0.2) is 40.6 Å². The monoisotopic (exact) mass is 278 g/mol. The molecule has 1 aliphatic heterocycles. The highest BCUT2D eigenvalue weighted by molar-refractivity contribution is 5.09. The highest BCUT2D eigenvalue weighted by Crippen LogP contribution is 2.33. The first-order chi connectivity index (χ1) is 9.79. The molecule has 1 aromatic heterocycles.